The van der Waals surface area contributed by atoms with Crippen LogP contribution in [0.25, 0.3) is 0 Å². The Morgan fingerprint density at radius 1 is 1.08 bits per heavy atom. The number of piperidine rings is 1. The molecule has 2 saturated carbocycles. The number of halogens is 1. The number of cyclic esters (lactones) is 1. The van der Waals surface area contributed by atoms with Crippen LogP contribution in [0.5, 0.6) is 0 Å². The number of likely N-dealkylation sites (tertiary alicyclic amines) is 1. The van der Waals surface area contributed by atoms with Crippen LogP contribution in [0.3, 0.4) is 0 Å². The number of benzene rings is 1. The molecule has 0 radical (unpaired) electrons. The second-order valence-corrected chi connectivity index (χ2v) is 14.2. The maximum absolute atomic E-state index is 14.2. The van der Waals surface area contributed by atoms with Gasteiger partial charge in [0.25, 0.3) is 0 Å². The Morgan fingerprint density at radius 2 is 1.74 bits per heavy atom. The molecule has 1 aromatic carbocycles. The first-order valence-electron chi connectivity index (χ1n) is 15.3. The summed E-state index contributed by atoms with van der Waals surface area (Å²) in [5.41, 5.74) is 0.999. The molecule has 2 amide bonds. The van der Waals surface area contributed by atoms with E-state index in [1.54, 1.807) is 0 Å². The van der Waals surface area contributed by atoms with Crippen molar-refractivity contribution in [1.29, 1.82) is 0 Å². The van der Waals surface area contributed by atoms with E-state index in [0.29, 0.717) is 30.5 Å². The monoisotopic (exact) mass is 557 g/mol. The zero-order valence-electron chi connectivity index (χ0n) is 24.4. The molecule has 2 heterocycles. The third-order valence-electron chi connectivity index (χ3n) is 10.3. The van der Waals surface area contributed by atoms with Crippen molar-refractivity contribution in [3.8, 4) is 0 Å². The summed E-state index contributed by atoms with van der Waals surface area (Å²) in [7, 11) is 0. The van der Waals surface area contributed by atoms with Crippen LogP contribution in [0.15, 0.2) is 24.3 Å². The van der Waals surface area contributed by atoms with Crippen LogP contribution in [0, 0.1) is 17.3 Å². The highest BCUT2D eigenvalue weighted by atomic mass is 35.5. The maximum atomic E-state index is 14.2. The summed E-state index contributed by atoms with van der Waals surface area (Å²) in [6.45, 7) is 11.4. The average molecular weight is 558 g/mol. The van der Waals surface area contributed by atoms with Gasteiger partial charge in [-0.25, -0.2) is 4.79 Å². The van der Waals surface area contributed by atoms with E-state index in [-0.39, 0.29) is 28.9 Å². The van der Waals surface area contributed by atoms with Crippen LogP contribution in [0.4, 0.5) is 4.79 Å². The lowest BCUT2D eigenvalue weighted by Crippen LogP contribution is -2.55. The summed E-state index contributed by atoms with van der Waals surface area (Å²) >= 11 is 6.19. The number of amides is 2. The van der Waals surface area contributed by atoms with Gasteiger partial charge in [-0.2, -0.15) is 0 Å². The molecule has 2 aliphatic heterocycles. The molecular weight excluding hydrogens is 510 g/mol. The molecule has 6 nitrogen and oxygen atoms in total. The van der Waals surface area contributed by atoms with Gasteiger partial charge in [0.15, 0.2) is 0 Å². The Morgan fingerprint density at radius 3 is 2.33 bits per heavy atom. The summed E-state index contributed by atoms with van der Waals surface area (Å²) in [6, 6.07) is 8.84. The van der Waals surface area contributed by atoms with Crippen molar-refractivity contribution in [2.75, 3.05) is 26.2 Å². The highest BCUT2D eigenvalue weighted by Gasteiger charge is 2.50. The zero-order chi connectivity index (χ0) is 27.8. The molecule has 216 valence electrons. The molecule has 0 aromatic heterocycles. The maximum Gasteiger partial charge on any atom is 0.410 e. The van der Waals surface area contributed by atoms with Crippen LogP contribution < -0.4 is 5.32 Å². The quantitative estimate of drug-likeness (QED) is 0.409. The Kier molecular flexibility index (Phi) is 8.54. The van der Waals surface area contributed by atoms with Gasteiger partial charge in [-0.15, -0.1) is 0 Å². The average Bonchev–Trinajstić information content (AvgIpc) is 3.45. The lowest BCUT2D eigenvalue weighted by atomic mass is 9.63. The number of ether oxygens (including phenoxy) is 1. The van der Waals surface area contributed by atoms with E-state index in [2.05, 4.69) is 50.0 Å². The highest BCUT2D eigenvalue weighted by Crippen LogP contribution is 2.49. The van der Waals surface area contributed by atoms with E-state index in [1.807, 2.05) is 17.0 Å². The number of nitrogens with one attached hydrogen (secondary N) is 1. The largest absolute Gasteiger partial charge is 0.447 e. The van der Waals surface area contributed by atoms with Gasteiger partial charge in [0, 0.05) is 42.7 Å². The van der Waals surface area contributed by atoms with E-state index in [1.165, 1.54) is 37.7 Å². The summed E-state index contributed by atoms with van der Waals surface area (Å²) in [5, 5.41) is 4.44. The van der Waals surface area contributed by atoms with Gasteiger partial charge in [-0.3, -0.25) is 9.69 Å². The minimum absolute atomic E-state index is 0.0166. The predicted molar refractivity (Wildman–Crippen MR) is 156 cm³/mol. The number of carbonyl (C=O) groups is 2. The fourth-order valence-corrected chi connectivity index (χ4v) is 8.17. The smallest absolute Gasteiger partial charge is 0.410 e. The molecule has 4 aliphatic rings. The van der Waals surface area contributed by atoms with E-state index < -0.39 is 0 Å². The summed E-state index contributed by atoms with van der Waals surface area (Å²) in [6.07, 6.45) is 9.95. The highest BCUT2D eigenvalue weighted by molar-refractivity contribution is 6.30. The molecule has 5 rings (SSSR count). The van der Waals surface area contributed by atoms with E-state index in [9.17, 15) is 9.59 Å². The molecule has 7 heteroatoms. The fraction of sp³-hybridized carbons (Fsp3) is 0.750. The number of nitrogens with zero attached hydrogens (tertiary/aromatic N) is 2. The number of hydrogen-bond donors (Lipinski definition) is 1. The second-order valence-electron chi connectivity index (χ2n) is 13.7. The van der Waals surface area contributed by atoms with Gasteiger partial charge in [-0.05, 0) is 87.3 Å². The molecule has 1 aromatic rings. The van der Waals surface area contributed by atoms with Crippen LogP contribution in [0.2, 0.25) is 5.02 Å². The lowest BCUT2D eigenvalue weighted by molar-refractivity contribution is -0.139. The third kappa shape index (κ3) is 6.12. The van der Waals surface area contributed by atoms with Gasteiger partial charge in [0.05, 0.1) is 5.54 Å². The Balaban J connectivity index is 1.33. The summed E-state index contributed by atoms with van der Waals surface area (Å²) in [5.74, 6) is 1.11. The molecule has 39 heavy (non-hydrogen) atoms. The van der Waals surface area contributed by atoms with Crippen molar-refractivity contribution in [3.05, 3.63) is 34.9 Å². The van der Waals surface area contributed by atoms with Crippen molar-refractivity contribution in [3.63, 3.8) is 0 Å². The Labute approximate surface area is 240 Å². The third-order valence-corrected chi connectivity index (χ3v) is 10.5. The van der Waals surface area contributed by atoms with Crippen molar-refractivity contribution in [2.24, 2.45) is 17.3 Å². The molecule has 2 aliphatic carbocycles. The predicted octanol–water partition coefficient (Wildman–Crippen LogP) is 6.62. The normalized spacial score (nSPS) is 29.2. The van der Waals surface area contributed by atoms with Gasteiger partial charge in [0.2, 0.25) is 5.91 Å². The van der Waals surface area contributed by atoms with Gasteiger partial charge in [-0.1, -0.05) is 56.8 Å². The van der Waals surface area contributed by atoms with Crippen LogP contribution >= 0.6 is 11.6 Å². The number of hydrogen-bond acceptors (Lipinski definition) is 4. The van der Waals surface area contributed by atoms with Crippen molar-refractivity contribution < 1.29 is 14.3 Å². The fourth-order valence-electron chi connectivity index (χ4n) is 8.05. The Bertz CT molecular complexity index is 1010. The second kappa shape index (κ2) is 11.6. The van der Waals surface area contributed by atoms with Crippen LogP contribution in [0.1, 0.15) is 97.0 Å². The molecule has 4 fully saturated rings. The van der Waals surface area contributed by atoms with Crippen molar-refractivity contribution in [2.45, 2.75) is 109 Å². The minimum Gasteiger partial charge on any atom is -0.447 e. The standard InChI is InChI=1S/C32H48ClN3O3/c1-22(2)34-26-18-27(23-10-12-25(33)13-11-23)28(19-26)29(37)35-16-14-32(15-17-35,24-8-6-5-7-9-24)20-36-30(38)39-21-31(36,3)4/h10-13,22,24,26-28,34H,5-9,14-21H2,1-4H3/t26?,27-,28?/m0/s1. The van der Waals surface area contributed by atoms with Crippen molar-refractivity contribution in [1.82, 2.24) is 15.1 Å². The number of rotatable bonds is 7. The SMILES string of the molecule is CC(C)NC1CC(C(=O)N2CCC(CN3C(=O)OCC3(C)C)(C3CCCCC3)CC2)[C@H](c2ccc(Cl)cc2)C1. The van der Waals surface area contributed by atoms with E-state index in [0.717, 1.165) is 50.3 Å². The first-order valence-corrected chi connectivity index (χ1v) is 15.7. The first kappa shape index (κ1) is 28.7. The molecule has 2 unspecified atom stereocenters. The van der Waals surface area contributed by atoms with E-state index in [4.69, 9.17) is 16.3 Å². The molecule has 0 bridgehead atoms. The first-order chi connectivity index (χ1) is 18.6. The van der Waals surface area contributed by atoms with Gasteiger partial charge >= 0.3 is 6.09 Å². The van der Waals surface area contributed by atoms with E-state index >= 15 is 0 Å². The lowest BCUT2D eigenvalue weighted by Gasteiger charge is -2.51. The molecule has 3 atom stereocenters. The summed E-state index contributed by atoms with van der Waals surface area (Å²) in [4.78, 5) is 31.1. The van der Waals surface area contributed by atoms with Crippen molar-refractivity contribution >= 4 is 23.6 Å². The molecule has 1 N–H and O–H groups in total. The minimum atomic E-state index is -0.278. The summed E-state index contributed by atoms with van der Waals surface area (Å²) < 4.78 is 5.49. The Hall–Kier alpha value is -1.79. The van der Waals surface area contributed by atoms with Crippen LogP contribution in [-0.2, 0) is 9.53 Å². The van der Waals surface area contributed by atoms with Gasteiger partial charge in [0.1, 0.15) is 6.61 Å². The topological polar surface area (TPSA) is 61.9 Å². The molecule has 2 saturated heterocycles. The van der Waals surface area contributed by atoms with Gasteiger partial charge < -0.3 is 15.0 Å². The molecule has 0 spiro atoms. The molecular formula is C32H48ClN3O3. The number of carbonyl (C=O) groups excluding carboxylic acids is 2. The zero-order valence-corrected chi connectivity index (χ0v) is 25.1. The van der Waals surface area contributed by atoms with Crippen LogP contribution in [-0.4, -0.2) is 65.7 Å².